The summed E-state index contributed by atoms with van der Waals surface area (Å²) in [6.45, 7) is 5.72. The summed E-state index contributed by atoms with van der Waals surface area (Å²) in [5.74, 6) is 0.0803. The van der Waals surface area contributed by atoms with Crippen molar-refractivity contribution in [1.82, 2.24) is 9.88 Å². The van der Waals surface area contributed by atoms with Crippen molar-refractivity contribution in [2.75, 3.05) is 18.6 Å². The zero-order chi connectivity index (χ0) is 26.2. The van der Waals surface area contributed by atoms with Crippen molar-refractivity contribution >= 4 is 45.4 Å². The molecule has 38 heavy (non-hydrogen) atoms. The maximum absolute atomic E-state index is 13.7. The first-order chi connectivity index (χ1) is 18.1. The lowest BCUT2D eigenvalue weighted by atomic mass is 10.1. The molecule has 0 saturated heterocycles. The number of hydrogen-bond acceptors (Lipinski definition) is 4. The third kappa shape index (κ3) is 6.77. The highest BCUT2D eigenvalue weighted by Crippen LogP contribution is 2.29. The van der Waals surface area contributed by atoms with Crippen LogP contribution in [0.4, 0.5) is 0 Å². The molecule has 2 aromatic heterocycles. The minimum absolute atomic E-state index is 0. The number of aromatic nitrogens is 2. The largest absolute Gasteiger partial charge is 1.00 e. The van der Waals surface area contributed by atoms with E-state index in [4.69, 9.17) is 4.74 Å². The minimum atomic E-state index is -0.688. The van der Waals surface area contributed by atoms with Crippen molar-refractivity contribution in [2.45, 2.75) is 52.2 Å². The van der Waals surface area contributed by atoms with Gasteiger partial charge in [0.15, 0.2) is 12.7 Å². The summed E-state index contributed by atoms with van der Waals surface area (Å²) in [4.78, 5) is 26.4. The first-order valence-corrected chi connectivity index (χ1v) is 14.4. The summed E-state index contributed by atoms with van der Waals surface area (Å²) in [6, 6.07) is 19.8. The molecule has 4 rings (SSSR count). The summed E-state index contributed by atoms with van der Waals surface area (Å²) in [7, 11) is 0. The third-order valence-electron chi connectivity index (χ3n) is 6.57. The number of halogens is 1. The summed E-state index contributed by atoms with van der Waals surface area (Å²) < 4.78 is 9.62. The molecule has 8 heteroatoms. The average Bonchev–Trinajstić information content (AvgIpc) is 3.22. The second kappa shape index (κ2) is 14.4. The van der Waals surface area contributed by atoms with E-state index in [0.717, 1.165) is 47.0 Å². The van der Waals surface area contributed by atoms with Gasteiger partial charge in [0, 0.05) is 34.5 Å². The van der Waals surface area contributed by atoms with Crippen LogP contribution in [-0.4, -0.2) is 41.1 Å². The standard InChI is InChI=1S/C30H35N3O3S.BrH/c1-4-6-17-33-26-15-11-10-14-23(26)24-19-27(29(34)31-25(16-18-37-3)30(35)36-5-2)32(21-28(24)33)20-22-12-8-7-9-13-22;/h7-15,19,21,25H,4-6,16-18,20H2,1-3H3;1H/t25-;/m0./s1. The lowest BCUT2D eigenvalue weighted by Gasteiger charge is -2.16. The molecule has 6 nitrogen and oxygen atoms in total. The first kappa shape index (κ1) is 29.7. The highest BCUT2D eigenvalue weighted by Gasteiger charge is 2.29. The van der Waals surface area contributed by atoms with Gasteiger partial charge >= 0.3 is 11.9 Å². The Hall–Kier alpha value is -2.84. The van der Waals surface area contributed by atoms with Gasteiger partial charge < -0.3 is 31.6 Å². The van der Waals surface area contributed by atoms with E-state index in [0.29, 0.717) is 18.7 Å². The number of esters is 1. The molecule has 0 saturated carbocycles. The van der Waals surface area contributed by atoms with Crippen molar-refractivity contribution in [1.29, 1.82) is 0 Å². The number of benzene rings is 2. The number of unbranched alkanes of at least 4 members (excludes halogenated alkanes) is 1. The number of amides is 1. The molecule has 1 amide bonds. The van der Waals surface area contributed by atoms with E-state index in [2.05, 4.69) is 53.3 Å². The van der Waals surface area contributed by atoms with Crippen LogP contribution in [0.2, 0.25) is 0 Å². The number of ether oxygens (including phenoxy) is 1. The summed E-state index contributed by atoms with van der Waals surface area (Å²) in [6.07, 6.45) is 6.77. The molecule has 1 atom stereocenters. The Kier molecular flexibility index (Phi) is 11.2. The minimum Gasteiger partial charge on any atom is -1.00 e. The fourth-order valence-corrected chi connectivity index (χ4v) is 5.17. The van der Waals surface area contributed by atoms with Crippen LogP contribution in [0.5, 0.6) is 0 Å². The Balaban J connectivity index is 0.00000400. The van der Waals surface area contributed by atoms with Crippen molar-refractivity contribution < 1.29 is 35.9 Å². The molecule has 2 aromatic carbocycles. The van der Waals surface area contributed by atoms with Gasteiger partial charge in [-0.1, -0.05) is 61.9 Å². The predicted octanol–water partition coefficient (Wildman–Crippen LogP) is 2.35. The van der Waals surface area contributed by atoms with Crippen molar-refractivity contribution in [3.05, 3.63) is 78.1 Å². The number of thioether (sulfide) groups is 1. The van der Waals surface area contributed by atoms with Crippen molar-refractivity contribution in [3.63, 3.8) is 0 Å². The number of rotatable bonds is 12. The number of nitrogens with one attached hydrogen (secondary N) is 1. The lowest BCUT2D eigenvalue weighted by Crippen LogP contribution is -3.00. The molecular formula is C30H36BrN3O3S. The normalized spacial score (nSPS) is 11.8. The molecule has 0 bridgehead atoms. The smallest absolute Gasteiger partial charge is 0.328 e. The average molecular weight is 599 g/mol. The van der Waals surface area contributed by atoms with Crippen molar-refractivity contribution in [2.24, 2.45) is 0 Å². The molecule has 0 aliphatic heterocycles. The Morgan fingerprint density at radius 1 is 1.03 bits per heavy atom. The fourth-order valence-electron chi connectivity index (χ4n) is 4.70. The molecule has 0 aliphatic carbocycles. The molecule has 0 aliphatic rings. The lowest BCUT2D eigenvalue weighted by molar-refractivity contribution is -0.689. The molecule has 0 radical (unpaired) electrons. The number of fused-ring (bicyclic) bond motifs is 3. The topological polar surface area (TPSA) is 64.2 Å². The van der Waals surface area contributed by atoms with E-state index >= 15 is 0 Å². The maximum atomic E-state index is 13.7. The van der Waals surface area contributed by atoms with Crippen LogP contribution in [0.25, 0.3) is 21.8 Å². The number of nitrogens with zero attached hydrogens (tertiary/aromatic N) is 2. The summed E-state index contributed by atoms with van der Waals surface area (Å²) in [5, 5.41) is 5.14. The Morgan fingerprint density at radius 2 is 1.76 bits per heavy atom. The van der Waals surface area contributed by atoms with Crippen LogP contribution in [0.3, 0.4) is 0 Å². The molecule has 2 heterocycles. The quantitative estimate of drug-likeness (QED) is 0.201. The molecule has 0 fully saturated rings. The Morgan fingerprint density at radius 3 is 2.47 bits per heavy atom. The van der Waals surface area contributed by atoms with Gasteiger partial charge in [-0.25, -0.2) is 4.79 Å². The molecular weight excluding hydrogens is 562 g/mol. The number of carbonyl (C=O) groups excluding carboxylic acids is 2. The van der Waals surface area contributed by atoms with Crippen LogP contribution in [0, 0.1) is 0 Å². The number of pyridine rings is 1. The van der Waals surface area contributed by atoms with Gasteiger partial charge in [-0.15, -0.1) is 0 Å². The van der Waals surface area contributed by atoms with Gasteiger partial charge in [-0.2, -0.15) is 16.3 Å². The molecule has 4 aromatic rings. The molecule has 1 N–H and O–H groups in total. The van der Waals surface area contributed by atoms with Gasteiger partial charge in [0.25, 0.3) is 5.69 Å². The second-order valence-corrected chi connectivity index (χ2v) is 10.1. The maximum Gasteiger partial charge on any atom is 0.328 e. The zero-order valence-corrected chi connectivity index (χ0v) is 24.7. The predicted molar refractivity (Wildman–Crippen MR) is 151 cm³/mol. The summed E-state index contributed by atoms with van der Waals surface area (Å²) >= 11 is 1.64. The molecule has 0 spiro atoms. The van der Waals surface area contributed by atoms with Crippen LogP contribution >= 0.6 is 11.8 Å². The van der Waals surface area contributed by atoms with Gasteiger partial charge in [-0.05, 0) is 37.8 Å². The van der Waals surface area contributed by atoms with E-state index in [1.54, 1.807) is 18.7 Å². The Bertz CT molecular complexity index is 1370. The van der Waals surface area contributed by atoms with Crippen LogP contribution in [0.1, 0.15) is 49.2 Å². The van der Waals surface area contributed by atoms with Gasteiger partial charge in [-0.3, -0.25) is 4.79 Å². The van der Waals surface area contributed by atoms with E-state index in [-0.39, 0.29) is 29.5 Å². The number of hydrogen-bond donors (Lipinski definition) is 1. The first-order valence-electron chi connectivity index (χ1n) is 13.0. The van der Waals surface area contributed by atoms with Gasteiger partial charge in [0.2, 0.25) is 0 Å². The molecule has 0 unspecified atom stereocenters. The highest BCUT2D eigenvalue weighted by atomic mass is 79.9. The SMILES string of the molecule is CCCCn1c2ccccc2c2cc(C(=O)N[C@@H](CCSC)C(=O)OCC)[n+](Cc3ccccc3)cc21.[Br-]. The monoisotopic (exact) mass is 597 g/mol. The number of carbonyl (C=O) groups is 2. The fraction of sp³-hybridized carbons (Fsp3) is 0.367. The van der Waals surface area contributed by atoms with E-state index < -0.39 is 12.0 Å². The zero-order valence-electron chi connectivity index (χ0n) is 22.3. The summed E-state index contributed by atoms with van der Waals surface area (Å²) in [5.41, 5.74) is 3.89. The van der Waals surface area contributed by atoms with Crippen LogP contribution in [0.15, 0.2) is 66.9 Å². The van der Waals surface area contributed by atoms with E-state index in [1.807, 2.05) is 41.2 Å². The van der Waals surface area contributed by atoms with Crippen LogP contribution < -0.4 is 26.9 Å². The van der Waals surface area contributed by atoms with E-state index in [9.17, 15) is 9.59 Å². The second-order valence-electron chi connectivity index (χ2n) is 9.15. The third-order valence-corrected chi connectivity index (χ3v) is 7.22. The number of aryl methyl sites for hydroxylation is 1. The Labute approximate surface area is 239 Å². The molecule has 202 valence electrons. The van der Waals surface area contributed by atoms with Gasteiger partial charge in [0.1, 0.15) is 11.6 Å². The number of para-hydroxylation sites is 1. The van der Waals surface area contributed by atoms with Crippen LogP contribution in [-0.2, 0) is 22.6 Å². The van der Waals surface area contributed by atoms with Crippen molar-refractivity contribution in [3.8, 4) is 0 Å². The van der Waals surface area contributed by atoms with Gasteiger partial charge in [0.05, 0.1) is 6.61 Å². The highest BCUT2D eigenvalue weighted by molar-refractivity contribution is 7.98. The van der Waals surface area contributed by atoms with E-state index in [1.165, 1.54) is 5.52 Å².